The molecule has 0 heterocycles. The molecular weight excluding hydrogens is 168 g/mol. The predicted molar refractivity (Wildman–Crippen MR) is 60.7 cm³/mol. The van der Waals surface area contributed by atoms with E-state index >= 15 is 0 Å². The van der Waals surface area contributed by atoms with Crippen molar-refractivity contribution < 1.29 is 0 Å². The van der Waals surface area contributed by atoms with E-state index in [2.05, 4.69) is 51.1 Å². The highest BCUT2D eigenvalue weighted by Gasteiger charge is 2.06. The molecule has 0 aromatic carbocycles. The van der Waals surface area contributed by atoms with Crippen LogP contribution in [0.25, 0.3) is 11.1 Å². The number of fused-ring (bicyclic) bond motifs is 1. The lowest BCUT2D eigenvalue weighted by molar-refractivity contribution is 0.869. The van der Waals surface area contributed by atoms with Crippen molar-refractivity contribution in [3.05, 3.63) is 47.5 Å². The van der Waals surface area contributed by atoms with E-state index in [0.717, 1.165) is 0 Å². The standard InChI is InChI=1S/C14H15/c1-10(2)13-6-4-5-12-8-7-11(3)14(12)9-13/h4,6-10H,1-3H3. The van der Waals surface area contributed by atoms with E-state index in [1.807, 2.05) is 6.07 Å². The average Bonchev–Trinajstić information content (AvgIpc) is 2.40. The van der Waals surface area contributed by atoms with Crippen LogP contribution in [0, 0.1) is 13.0 Å². The van der Waals surface area contributed by atoms with Crippen molar-refractivity contribution in [3.8, 4) is 11.1 Å². The van der Waals surface area contributed by atoms with Gasteiger partial charge in [-0.25, -0.2) is 0 Å². The molecule has 0 aliphatic heterocycles. The van der Waals surface area contributed by atoms with Crippen molar-refractivity contribution in [1.82, 2.24) is 0 Å². The largest absolute Gasteiger partial charge is 0.0587 e. The zero-order valence-corrected chi connectivity index (χ0v) is 8.96. The Hall–Kier alpha value is -1.30. The molecule has 0 unspecified atom stereocenters. The van der Waals surface area contributed by atoms with Gasteiger partial charge in [0.1, 0.15) is 0 Å². The lowest BCUT2D eigenvalue weighted by Crippen LogP contribution is -1.83. The van der Waals surface area contributed by atoms with Gasteiger partial charge in [0.2, 0.25) is 0 Å². The van der Waals surface area contributed by atoms with Crippen molar-refractivity contribution in [1.29, 1.82) is 0 Å². The Kier molecular flexibility index (Phi) is 2.28. The molecule has 1 radical (unpaired) electrons. The molecule has 0 atom stereocenters. The number of hydrogen-bond donors (Lipinski definition) is 0. The lowest BCUT2D eigenvalue weighted by Gasteiger charge is -2.02. The molecule has 0 bridgehead atoms. The first-order valence-electron chi connectivity index (χ1n) is 5.09. The Morgan fingerprint density at radius 2 is 1.93 bits per heavy atom. The van der Waals surface area contributed by atoms with Gasteiger partial charge in [0.15, 0.2) is 0 Å². The van der Waals surface area contributed by atoms with E-state index in [1.54, 1.807) is 0 Å². The van der Waals surface area contributed by atoms with E-state index in [1.165, 1.54) is 22.3 Å². The molecule has 0 fully saturated rings. The van der Waals surface area contributed by atoms with Crippen LogP contribution in [0.4, 0.5) is 0 Å². The summed E-state index contributed by atoms with van der Waals surface area (Å²) in [6.07, 6.45) is 0. The molecule has 2 aliphatic carbocycles. The summed E-state index contributed by atoms with van der Waals surface area (Å²) in [5.74, 6) is 0.577. The molecular formula is C14H15. The maximum absolute atomic E-state index is 3.30. The summed E-state index contributed by atoms with van der Waals surface area (Å²) in [7, 11) is 0. The molecule has 2 rings (SSSR count). The molecule has 0 saturated carbocycles. The molecule has 0 aromatic rings. The van der Waals surface area contributed by atoms with Crippen LogP contribution in [0.15, 0.2) is 30.3 Å². The molecule has 2 aliphatic rings. The van der Waals surface area contributed by atoms with Gasteiger partial charge in [-0.05, 0) is 41.2 Å². The second kappa shape index (κ2) is 3.45. The molecule has 71 valence electrons. The van der Waals surface area contributed by atoms with Crippen LogP contribution in [0.3, 0.4) is 0 Å². The first-order valence-corrected chi connectivity index (χ1v) is 5.09. The Morgan fingerprint density at radius 3 is 2.64 bits per heavy atom. The van der Waals surface area contributed by atoms with E-state index in [4.69, 9.17) is 0 Å². The normalized spacial score (nSPS) is 11.1. The Bertz CT molecular complexity index is 413. The summed E-state index contributed by atoms with van der Waals surface area (Å²) in [4.78, 5) is 0. The van der Waals surface area contributed by atoms with Crippen LogP contribution in [0.5, 0.6) is 0 Å². The van der Waals surface area contributed by atoms with Gasteiger partial charge < -0.3 is 0 Å². The minimum Gasteiger partial charge on any atom is -0.0587 e. The van der Waals surface area contributed by atoms with Gasteiger partial charge in [-0.1, -0.05) is 44.2 Å². The quantitative estimate of drug-likeness (QED) is 0.626. The summed E-state index contributed by atoms with van der Waals surface area (Å²) < 4.78 is 0. The zero-order chi connectivity index (χ0) is 10.1. The third-order valence-corrected chi connectivity index (χ3v) is 2.71. The highest BCUT2D eigenvalue weighted by Crippen LogP contribution is 2.28. The average molecular weight is 183 g/mol. The maximum atomic E-state index is 3.30. The molecule has 0 amide bonds. The lowest BCUT2D eigenvalue weighted by atomic mass is 10.0. The minimum atomic E-state index is 0.577. The van der Waals surface area contributed by atoms with Crippen molar-refractivity contribution >= 4 is 0 Å². The third-order valence-electron chi connectivity index (χ3n) is 2.71. The molecule has 0 saturated heterocycles. The molecule has 0 N–H and O–H groups in total. The summed E-state index contributed by atoms with van der Waals surface area (Å²) >= 11 is 0. The molecule has 14 heavy (non-hydrogen) atoms. The maximum Gasteiger partial charge on any atom is -0.00990 e. The van der Waals surface area contributed by atoms with Crippen LogP contribution >= 0.6 is 0 Å². The van der Waals surface area contributed by atoms with Gasteiger partial charge >= 0.3 is 0 Å². The number of rotatable bonds is 1. The van der Waals surface area contributed by atoms with Crippen molar-refractivity contribution in [2.24, 2.45) is 0 Å². The number of aryl methyl sites for hydroxylation is 1. The van der Waals surface area contributed by atoms with Crippen molar-refractivity contribution in [2.75, 3.05) is 0 Å². The van der Waals surface area contributed by atoms with Crippen LogP contribution in [0.1, 0.15) is 30.9 Å². The first kappa shape index (κ1) is 9.26. The van der Waals surface area contributed by atoms with Gasteiger partial charge in [-0.15, -0.1) is 0 Å². The van der Waals surface area contributed by atoms with Crippen LogP contribution in [-0.2, 0) is 0 Å². The van der Waals surface area contributed by atoms with E-state index < -0.39 is 0 Å². The van der Waals surface area contributed by atoms with Gasteiger partial charge in [0.05, 0.1) is 0 Å². The van der Waals surface area contributed by atoms with Gasteiger partial charge in [0.25, 0.3) is 0 Å². The summed E-state index contributed by atoms with van der Waals surface area (Å²) in [5.41, 5.74) is 5.27. The summed E-state index contributed by atoms with van der Waals surface area (Å²) in [5, 5.41) is 0. The highest BCUT2D eigenvalue weighted by atomic mass is 14.1. The Balaban J connectivity index is 2.64. The number of hydrogen-bond acceptors (Lipinski definition) is 0. The monoisotopic (exact) mass is 183 g/mol. The van der Waals surface area contributed by atoms with E-state index in [9.17, 15) is 0 Å². The van der Waals surface area contributed by atoms with Crippen molar-refractivity contribution in [3.63, 3.8) is 0 Å². The Labute approximate surface area is 85.9 Å². The first-order chi connectivity index (χ1) is 6.68. The molecule has 0 spiro atoms. The fourth-order valence-electron chi connectivity index (χ4n) is 1.72. The van der Waals surface area contributed by atoms with Crippen LogP contribution in [-0.4, -0.2) is 0 Å². The predicted octanol–water partition coefficient (Wildman–Crippen LogP) is 4.02. The minimum absolute atomic E-state index is 0.577. The molecule has 0 aromatic heterocycles. The fraction of sp³-hybridized carbons (Fsp3) is 0.286. The smallest absolute Gasteiger partial charge is 0.00990 e. The van der Waals surface area contributed by atoms with Crippen LogP contribution < -0.4 is 0 Å². The summed E-state index contributed by atoms with van der Waals surface area (Å²) in [6.45, 7) is 6.60. The van der Waals surface area contributed by atoms with Gasteiger partial charge in [0, 0.05) is 0 Å². The van der Waals surface area contributed by atoms with E-state index in [-0.39, 0.29) is 0 Å². The Morgan fingerprint density at radius 1 is 1.14 bits per heavy atom. The second-order valence-electron chi connectivity index (χ2n) is 4.12. The highest BCUT2D eigenvalue weighted by molar-refractivity contribution is 5.70. The topological polar surface area (TPSA) is 0 Å². The van der Waals surface area contributed by atoms with Crippen molar-refractivity contribution in [2.45, 2.75) is 26.7 Å². The van der Waals surface area contributed by atoms with Gasteiger partial charge in [-0.2, -0.15) is 0 Å². The third kappa shape index (κ3) is 1.52. The van der Waals surface area contributed by atoms with Gasteiger partial charge in [-0.3, -0.25) is 0 Å². The SMILES string of the molecule is Cc1ccc2[c]ccc(C(C)C)cc1-2. The van der Waals surface area contributed by atoms with E-state index in [0.29, 0.717) is 5.92 Å². The molecule has 0 nitrogen and oxygen atoms in total. The fourth-order valence-corrected chi connectivity index (χ4v) is 1.72. The molecule has 0 heteroatoms. The summed E-state index contributed by atoms with van der Waals surface area (Å²) in [6, 6.07) is 14.1. The second-order valence-corrected chi connectivity index (χ2v) is 4.12. The van der Waals surface area contributed by atoms with Crippen LogP contribution in [0.2, 0.25) is 0 Å². The zero-order valence-electron chi connectivity index (χ0n) is 8.96.